The smallest absolute Gasteiger partial charge is 0.331 e. The quantitative estimate of drug-likeness (QED) is 0.482. The molecule has 0 amide bonds. The predicted molar refractivity (Wildman–Crippen MR) is 84.7 cm³/mol. The van der Waals surface area contributed by atoms with Gasteiger partial charge in [-0.3, -0.25) is 4.79 Å². The summed E-state index contributed by atoms with van der Waals surface area (Å²) >= 11 is 0. The summed E-state index contributed by atoms with van der Waals surface area (Å²) in [7, 11) is 3.08. The van der Waals surface area contributed by atoms with Crippen molar-refractivity contribution in [3.05, 3.63) is 53.9 Å². The average molecular weight is 315 g/mol. The molecule has 0 aliphatic heterocycles. The second kappa shape index (κ2) is 7.84. The first kappa shape index (κ1) is 16.4. The van der Waals surface area contributed by atoms with E-state index >= 15 is 0 Å². The van der Waals surface area contributed by atoms with Gasteiger partial charge < -0.3 is 19.2 Å². The monoisotopic (exact) mass is 315 g/mol. The minimum atomic E-state index is -0.598. The lowest BCUT2D eigenvalue weighted by Gasteiger charge is -2.07. The zero-order valence-electron chi connectivity index (χ0n) is 12.9. The predicted octanol–water partition coefficient (Wildman–Crippen LogP) is 2.47. The molecule has 1 N–H and O–H groups in total. The van der Waals surface area contributed by atoms with E-state index in [0.717, 1.165) is 5.56 Å². The number of H-pyrrole nitrogens is 1. The average Bonchev–Trinajstić information content (AvgIpc) is 3.12. The molecule has 0 bridgehead atoms. The van der Waals surface area contributed by atoms with Crippen LogP contribution in [0.3, 0.4) is 0 Å². The molecule has 6 heteroatoms. The van der Waals surface area contributed by atoms with Gasteiger partial charge in [-0.15, -0.1) is 0 Å². The molecule has 0 aliphatic carbocycles. The van der Waals surface area contributed by atoms with Crippen LogP contribution in [0.25, 0.3) is 6.08 Å². The molecule has 0 spiro atoms. The van der Waals surface area contributed by atoms with Crippen molar-refractivity contribution in [2.75, 3.05) is 20.8 Å². The number of carbonyl (C=O) groups excluding carboxylic acids is 2. The van der Waals surface area contributed by atoms with Crippen LogP contribution in [-0.2, 0) is 9.53 Å². The second-order valence-corrected chi connectivity index (χ2v) is 4.56. The summed E-state index contributed by atoms with van der Waals surface area (Å²) in [5.41, 5.74) is 1.15. The first-order chi connectivity index (χ1) is 11.1. The second-order valence-electron chi connectivity index (χ2n) is 4.56. The summed E-state index contributed by atoms with van der Waals surface area (Å²) in [5.74, 6) is 0.274. The normalized spacial score (nSPS) is 10.5. The van der Waals surface area contributed by atoms with Crippen LogP contribution >= 0.6 is 0 Å². The van der Waals surface area contributed by atoms with Gasteiger partial charge in [0.25, 0.3) is 0 Å². The number of ether oxygens (including phenoxy) is 3. The van der Waals surface area contributed by atoms with Crippen molar-refractivity contribution in [3.8, 4) is 11.5 Å². The Kier molecular flexibility index (Phi) is 5.57. The third-order valence-corrected chi connectivity index (χ3v) is 3.06. The summed E-state index contributed by atoms with van der Waals surface area (Å²) in [6.07, 6.45) is 4.46. The molecule has 120 valence electrons. The maximum Gasteiger partial charge on any atom is 0.331 e. The lowest BCUT2D eigenvalue weighted by atomic mass is 10.2. The molecule has 0 saturated heterocycles. The van der Waals surface area contributed by atoms with E-state index in [-0.39, 0.29) is 12.4 Å². The summed E-state index contributed by atoms with van der Waals surface area (Å²) in [6.45, 7) is -0.310. The van der Waals surface area contributed by atoms with E-state index in [9.17, 15) is 9.59 Å². The van der Waals surface area contributed by atoms with Gasteiger partial charge in [0.05, 0.1) is 19.9 Å². The van der Waals surface area contributed by atoms with Gasteiger partial charge in [0.1, 0.15) is 0 Å². The topological polar surface area (TPSA) is 77.6 Å². The zero-order chi connectivity index (χ0) is 16.7. The molecule has 6 nitrogen and oxygen atoms in total. The number of Topliss-reactive ketones (excluding diaryl/α,β-unsaturated/α-hetero) is 1. The molecule has 2 rings (SSSR count). The minimum Gasteiger partial charge on any atom is -0.493 e. The number of hydrogen-bond donors (Lipinski definition) is 1. The van der Waals surface area contributed by atoms with E-state index in [1.54, 1.807) is 49.7 Å². The van der Waals surface area contributed by atoms with Crippen LogP contribution in [0.5, 0.6) is 11.5 Å². The molecular formula is C17H17NO5. The molecule has 1 aromatic heterocycles. The molecule has 0 unspecified atom stereocenters. The summed E-state index contributed by atoms with van der Waals surface area (Å²) < 4.78 is 15.2. The summed E-state index contributed by atoms with van der Waals surface area (Å²) in [4.78, 5) is 26.1. The Labute approximate surface area is 133 Å². The van der Waals surface area contributed by atoms with Crippen LogP contribution in [-0.4, -0.2) is 37.6 Å². The van der Waals surface area contributed by atoms with E-state index in [1.807, 2.05) is 0 Å². The van der Waals surface area contributed by atoms with Gasteiger partial charge in [0, 0.05) is 12.3 Å². The van der Waals surface area contributed by atoms with Gasteiger partial charge in [-0.25, -0.2) is 4.79 Å². The lowest BCUT2D eigenvalue weighted by molar-refractivity contribution is -0.136. The molecule has 1 aromatic carbocycles. The molecule has 0 radical (unpaired) electrons. The number of methoxy groups -OCH3 is 2. The molecule has 0 fully saturated rings. The number of esters is 1. The van der Waals surface area contributed by atoms with Crippen molar-refractivity contribution >= 4 is 17.8 Å². The standard InChI is InChI=1S/C17H17NO5/c1-21-15-7-5-12(10-16(15)22-2)6-8-17(20)23-11-14(19)13-4-3-9-18-13/h3-10,18H,11H2,1-2H3. The number of nitrogens with one attached hydrogen (secondary N) is 1. The summed E-state index contributed by atoms with van der Waals surface area (Å²) in [6, 6.07) is 8.56. The van der Waals surface area contributed by atoms with Crippen LogP contribution in [0.1, 0.15) is 16.1 Å². The number of hydrogen-bond acceptors (Lipinski definition) is 5. The van der Waals surface area contributed by atoms with Crippen molar-refractivity contribution in [3.63, 3.8) is 0 Å². The molecule has 2 aromatic rings. The van der Waals surface area contributed by atoms with E-state index in [1.165, 1.54) is 13.2 Å². The number of aromatic amines is 1. The lowest BCUT2D eigenvalue weighted by Crippen LogP contribution is -2.12. The molecular weight excluding hydrogens is 298 g/mol. The Bertz CT molecular complexity index is 704. The number of aromatic nitrogens is 1. The largest absolute Gasteiger partial charge is 0.493 e. The molecule has 0 saturated carbocycles. The highest BCUT2D eigenvalue weighted by Gasteiger charge is 2.09. The van der Waals surface area contributed by atoms with E-state index < -0.39 is 5.97 Å². The van der Waals surface area contributed by atoms with Crippen molar-refractivity contribution in [1.82, 2.24) is 4.98 Å². The number of carbonyl (C=O) groups is 2. The van der Waals surface area contributed by atoms with Crippen molar-refractivity contribution in [1.29, 1.82) is 0 Å². The highest BCUT2D eigenvalue weighted by molar-refractivity contribution is 5.97. The third-order valence-electron chi connectivity index (χ3n) is 3.06. The van der Waals surface area contributed by atoms with Crippen LogP contribution in [0.2, 0.25) is 0 Å². The Morgan fingerprint density at radius 3 is 2.57 bits per heavy atom. The highest BCUT2D eigenvalue weighted by atomic mass is 16.5. The maximum atomic E-state index is 11.7. The number of benzene rings is 1. The first-order valence-electron chi connectivity index (χ1n) is 6.87. The minimum absolute atomic E-state index is 0.289. The van der Waals surface area contributed by atoms with Crippen LogP contribution in [0, 0.1) is 0 Å². The van der Waals surface area contributed by atoms with Gasteiger partial charge in [0.2, 0.25) is 5.78 Å². The van der Waals surface area contributed by atoms with Crippen molar-refractivity contribution in [2.24, 2.45) is 0 Å². The first-order valence-corrected chi connectivity index (χ1v) is 6.87. The molecule has 0 aliphatic rings. The molecule has 1 heterocycles. The fraction of sp³-hybridized carbons (Fsp3) is 0.176. The van der Waals surface area contributed by atoms with Crippen LogP contribution in [0.4, 0.5) is 0 Å². The van der Waals surface area contributed by atoms with Gasteiger partial charge in [-0.05, 0) is 35.9 Å². The Morgan fingerprint density at radius 1 is 1.13 bits per heavy atom. The number of ketones is 1. The third kappa shape index (κ3) is 4.47. The van der Waals surface area contributed by atoms with E-state index in [2.05, 4.69) is 4.98 Å². The zero-order valence-corrected chi connectivity index (χ0v) is 12.9. The van der Waals surface area contributed by atoms with Gasteiger partial charge in [0.15, 0.2) is 18.1 Å². The molecule has 0 atom stereocenters. The fourth-order valence-electron chi connectivity index (χ4n) is 1.89. The van der Waals surface area contributed by atoms with Crippen molar-refractivity contribution in [2.45, 2.75) is 0 Å². The highest BCUT2D eigenvalue weighted by Crippen LogP contribution is 2.27. The summed E-state index contributed by atoms with van der Waals surface area (Å²) in [5, 5.41) is 0. The molecule has 23 heavy (non-hydrogen) atoms. The van der Waals surface area contributed by atoms with Crippen LogP contribution < -0.4 is 9.47 Å². The van der Waals surface area contributed by atoms with E-state index in [4.69, 9.17) is 14.2 Å². The number of rotatable bonds is 7. The van der Waals surface area contributed by atoms with E-state index in [0.29, 0.717) is 17.2 Å². The van der Waals surface area contributed by atoms with Crippen molar-refractivity contribution < 1.29 is 23.8 Å². The Balaban J connectivity index is 1.92. The fourth-order valence-corrected chi connectivity index (χ4v) is 1.89. The Morgan fingerprint density at radius 2 is 1.91 bits per heavy atom. The van der Waals surface area contributed by atoms with Crippen LogP contribution in [0.15, 0.2) is 42.6 Å². The van der Waals surface area contributed by atoms with Gasteiger partial charge in [-0.2, -0.15) is 0 Å². The Hall–Kier alpha value is -3.02. The SMILES string of the molecule is COc1ccc(C=CC(=O)OCC(=O)c2ccc[nH]2)cc1OC. The maximum absolute atomic E-state index is 11.7. The van der Waals surface area contributed by atoms with Gasteiger partial charge in [-0.1, -0.05) is 6.07 Å². The van der Waals surface area contributed by atoms with Gasteiger partial charge >= 0.3 is 5.97 Å².